The topological polar surface area (TPSA) is 21.8 Å². The van der Waals surface area contributed by atoms with Crippen LogP contribution in [0.15, 0.2) is 0 Å². The Morgan fingerprint density at radius 1 is 1.00 bits per heavy atom. The molecule has 0 aromatic carbocycles. The van der Waals surface area contributed by atoms with Gasteiger partial charge in [0, 0.05) is 63.9 Å². The summed E-state index contributed by atoms with van der Waals surface area (Å²) < 4.78 is 0. The van der Waals surface area contributed by atoms with Gasteiger partial charge in [-0.3, -0.25) is 9.80 Å². The summed E-state index contributed by atoms with van der Waals surface area (Å²) in [6.07, 6.45) is 4.25. The van der Waals surface area contributed by atoms with Gasteiger partial charge in [0.15, 0.2) is 0 Å². The van der Waals surface area contributed by atoms with E-state index in [0.29, 0.717) is 6.04 Å². The number of likely N-dealkylation sites (N-methyl/N-ethyl adjacent to an activating group) is 1. The van der Waals surface area contributed by atoms with E-state index < -0.39 is 0 Å². The summed E-state index contributed by atoms with van der Waals surface area (Å²) in [5, 5.41) is 3.89. The van der Waals surface area contributed by atoms with E-state index >= 15 is 0 Å². The van der Waals surface area contributed by atoms with Crippen LogP contribution in [0.1, 0.15) is 33.1 Å². The van der Waals surface area contributed by atoms with Crippen molar-refractivity contribution >= 4 is 0 Å². The molecule has 2 heterocycles. The largest absolute Gasteiger partial charge is 0.311 e. The molecule has 3 aliphatic rings. The lowest BCUT2D eigenvalue weighted by atomic mass is 10.0. The van der Waals surface area contributed by atoms with Gasteiger partial charge >= 0.3 is 0 Å². The van der Waals surface area contributed by atoms with E-state index in [4.69, 9.17) is 0 Å². The van der Waals surface area contributed by atoms with Crippen LogP contribution >= 0.6 is 0 Å². The Balaban J connectivity index is 1.44. The Hall–Kier alpha value is -0.160. The Bertz CT molecular complexity index is 321. The second kappa shape index (κ2) is 6.95. The molecule has 2 aliphatic heterocycles. The van der Waals surface area contributed by atoms with Gasteiger partial charge in [0.25, 0.3) is 0 Å². The third-order valence-corrected chi connectivity index (χ3v) is 5.68. The summed E-state index contributed by atoms with van der Waals surface area (Å²) in [6.45, 7) is 13.5. The fourth-order valence-electron chi connectivity index (χ4n) is 3.95. The summed E-state index contributed by atoms with van der Waals surface area (Å²) in [5.41, 5.74) is 0. The predicted octanol–water partition coefficient (Wildman–Crippen LogP) is 1.08. The monoisotopic (exact) mass is 294 g/mol. The highest BCUT2D eigenvalue weighted by atomic mass is 15.3. The highest BCUT2D eigenvalue weighted by Gasteiger charge is 2.34. The number of likely N-dealkylation sites (tertiary alicyclic amines) is 1. The van der Waals surface area contributed by atoms with Crippen molar-refractivity contribution in [3.63, 3.8) is 0 Å². The summed E-state index contributed by atoms with van der Waals surface area (Å²) in [7, 11) is 2.24. The SMILES string of the molecule is CC(C)C(CNC1CCN(C2CC2)C1)N1CCN(C)CC1. The van der Waals surface area contributed by atoms with Gasteiger partial charge in [0.1, 0.15) is 0 Å². The highest BCUT2D eigenvalue weighted by molar-refractivity contribution is 4.92. The number of nitrogens with one attached hydrogen (secondary N) is 1. The van der Waals surface area contributed by atoms with Crippen molar-refractivity contribution in [1.82, 2.24) is 20.0 Å². The van der Waals surface area contributed by atoms with Crippen molar-refractivity contribution in [2.24, 2.45) is 5.92 Å². The Labute approximate surface area is 130 Å². The second-order valence-corrected chi connectivity index (χ2v) is 7.77. The normalized spacial score (nSPS) is 31.1. The standard InChI is InChI=1S/C17H34N4/c1-14(2)17(20-10-8-19(3)9-11-20)12-18-15-6-7-21(13-15)16-4-5-16/h14-18H,4-13H2,1-3H3. The van der Waals surface area contributed by atoms with Crippen molar-refractivity contribution in [3.8, 4) is 0 Å². The molecule has 21 heavy (non-hydrogen) atoms. The zero-order valence-corrected chi connectivity index (χ0v) is 14.2. The van der Waals surface area contributed by atoms with Gasteiger partial charge < -0.3 is 10.2 Å². The first-order chi connectivity index (χ1) is 10.1. The summed E-state index contributed by atoms with van der Waals surface area (Å²) in [4.78, 5) is 7.87. The summed E-state index contributed by atoms with van der Waals surface area (Å²) in [5.74, 6) is 0.738. The van der Waals surface area contributed by atoms with E-state index in [9.17, 15) is 0 Å². The first kappa shape index (κ1) is 15.7. The number of rotatable bonds is 6. The maximum absolute atomic E-state index is 3.89. The molecule has 122 valence electrons. The van der Waals surface area contributed by atoms with Crippen LogP contribution in [-0.4, -0.2) is 85.7 Å². The number of hydrogen-bond donors (Lipinski definition) is 1. The molecule has 1 aliphatic carbocycles. The third kappa shape index (κ3) is 4.19. The second-order valence-electron chi connectivity index (χ2n) is 7.77. The van der Waals surface area contributed by atoms with E-state index in [1.165, 1.54) is 65.1 Å². The zero-order chi connectivity index (χ0) is 14.8. The summed E-state index contributed by atoms with van der Waals surface area (Å²) >= 11 is 0. The van der Waals surface area contributed by atoms with Crippen LogP contribution in [0.4, 0.5) is 0 Å². The minimum atomic E-state index is 0.702. The molecule has 4 nitrogen and oxygen atoms in total. The van der Waals surface area contributed by atoms with E-state index in [2.05, 4.69) is 40.9 Å². The fourth-order valence-corrected chi connectivity index (χ4v) is 3.95. The molecule has 0 aromatic rings. The maximum atomic E-state index is 3.89. The fraction of sp³-hybridized carbons (Fsp3) is 1.00. The predicted molar refractivity (Wildman–Crippen MR) is 88.7 cm³/mol. The number of nitrogens with zero attached hydrogens (tertiary/aromatic N) is 3. The highest BCUT2D eigenvalue weighted by Crippen LogP contribution is 2.29. The lowest BCUT2D eigenvalue weighted by molar-refractivity contribution is 0.0861. The molecule has 3 fully saturated rings. The summed E-state index contributed by atoms with van der Waals surface area (Å²) in [6, 6.07) is 2.38. The van der Waals surface area contributed by atoms with E-state index in [1.54, 1.807) is 0 Å². The van der Waals surface area contributed by atoms with Crippen molar-refractivity contribution in [3.05, 3.63) is 0 Å². The smallest absolute Gasteiger partial charge is 0.0244 e. The van der Waals surface area contributed by atoms with Gasteiger partial charge in [0.2, 0.25) is 0 Å². The van der Waals surface area contributed by atoms with Crippen LogP contribution in [0.3, 0.4) is 0 Å². The molecule has 0 radical (unpaired) electrons. The van der Waals surface area contributed by atoms with Crippen LogP contribution in [0, 0.1) is 5.92 Å². The molecular formula is C17H34N4. The molecular weight excluding hydrogens is 260 g/mol. The van der Waals surface area contributed by atoms with Crippen molar-refractivity contribution in [1.29, 1.82) is 0 Å². The van der Waals surface area contributed by atoms with Gasteiger partial charge in [-0.25, -0.2) is 0 Å². The lowest BCUT2D eigenvalue weighted by Crippen LogP contribution is -2.54. The lowest BCUT2D eigenvalue weighted by Gasteiger charge is -2.40. The van der Waals surface area contributed by atoms with E-state index in [0.717, 1.165) is 18.0 Å². The molecule has 2 unspecified atom stereocenters. The minimum absolute atomic E-state index is 0.702. The Kier molecular flexibility index (Phi) is 5.20. The Morgan fingerprint density at radius 2 is 1.71 bits per heavy atom. The van der Waals surface area contributed by atoms with Crippen LogP contribution in [0.25, 0.3) is 0 Å². The molecule has 2 saturated heterocycles. The minimum Gasteiger partial charge on any atom is -0.311 e. The molecule has 4 heteroatoms. The van der Waals surface area contributed by atoms with Gasteiger partial charge in [-0.15, -0.1) is 0 Å². The first-order valence-corrected chi connectivity index (χ1v) is 9.03. The van der Waals surface area contributed by atoms with Gasteiger partial charge in [-0.1, -0.05) is 13.8 Å². The van der Waals surface area contributed by atoms with Crippen LogP contribution in [0.2, 0.25) is 0 Å². The molecule has 1 N–H and O–H groups in total. The average molecular weight is 294 g/mol. The zero-order valence-electron chi connectivity index (χ0n) is 14.2. The van der Waals surface area contributed by atoms with Crippen LogP contribution < -0.4 is 5.32 Å². The van der Waals surface area contributed by atoms with Gasteiger partial charge in [-0.05, 0) is 32.2 Å². The third-order valence-electron chi connectivity index (χ3n) is 5.68. The Morgan fingerprint density at radius 3 is 2.33 bits per heavy atom. The molecule has 3 rings (SSSR count). The molecule has 0 bridgehead atoms. The molecule has 0 amide bonds. The molecule has 2 atom stereocenters. The molecule has 0 spiro atoms. The number of hydrogen-bond acceptors (Lipinski definition) is 4. The number of piperazine rings is 1. The molecule has 1 saturated carbocycles. The van der Waals surface area contributed by atoms with Crippen molar-refractivity contribution in [2.75, 3.05) is 52.9 Å². The quantitative estimate of drug-likeness (QED) is 0.791. The van der Waals surface area contributed by atoms with E-state index in [-0.39, 0.29) is 0 Å². The van der Waals surface area contributed by atoms with Crippen LogP contribution in [-0.2, 0) is 0 Å². The first-order valence-electron chi connectivity index (χ1n) is 9.03. The van der Waals surface area contributed by atoms with Gasteiger partial charge in [0.05, 0.1) is 0 Å². The van der Waals surface area contributed by atoms with Crippen LogP contribution in [0.5, 0.6) is 0 Å². The van der Waals surface area contributed by atoms with Crippen molar-refractivity contribution < 1.29 is 0 Å². The van der Waals surface area contributed by atoms with E-state index in [1.807, 2.05) is 0 Å². The molecule has 0 aromatic heterocycles. The average Bonchev–Trinajstić information content (AvgIpc) is 3.20. The maximum Gasteiger partial charge on any atom is 0.0244 e. The van der Waals surface area contributed by atoms with Gasteiger partial charge in [-0.2, -0.15) is 0 Å². The van der Waals surface area contributed by atoms with Crippen molar-refractivity contribution in [2.45, 2.75) is 51.2 Å².